The smallest absolute Gasteiger partial charge is 0.158 e. The Hall–Kier alpha value is -0.160. The Morgan fingerprint density at radius 1 is 1.00 bits per heavy atom. The van der Waals surface area contributed by atoms with Gasteiger partial charge in [-0.15, -0.1) is 0 Å². The fourth-order valence-corrected chi connectivity index (χ4v) is 2.42. The molecule has 0 saturated carbocycles. The van der Waals surface area contributed by atoms with Crippen molar-refractivity contribution in [2.24, 2.45) is 0 Å². The summed E-state index contributed by atoms with van der Waals surface area (Å²) in [6.45, 7) is 4.69. The third kappa shape index (κ3) is 4.92. The lowest BCUT2D eigenvalue weighted by Crippen LogP contribution is -2.36. The summed E-state index contributed by atoms with van der Waals surface area (Å²) >= 11 is 0. The Bertz CT molecular complexity index is 201. The van der Waals surface area contributed by atoms with E-state index in [1.807, 2.05) is 0 Å². The maximum atomic E-state index is 5.74. The predicted molar refractivity (Wildman–Crippen MR) is 66.0 cm³/mol. The van der Waals surface area contributed by atoms with Crippen molar-refractivity contribution in [2.45, 2.75) is 44.5 Å². The summed E-state index contributed by atoms with van der Waals surface area (Å²) in [7, 11) is 2.15. The molecular formula is C13H25NO3. The molecule has 4 heteroatoms. The molecule has 0 aromatic heterocycles. The number of hydrogen-bond donors (Lipinski definition) is 0. The molecule has 0 radical (unpaired) electrons. The number of nitrogens with zero attached hydrogens (tertiary/aromatic N) is 1. The van der Waals surface area contributed by atoms with Gasteiger partial charge in [0.1, 0.15) is 0 Å². The van der Waals surface area contributed by atoms with Gasteiger partial charge in [0.2, 0.25) is 0 Å². The molecule has 0 aromatic carbocycles. The molecule has 2 saturated heterocycles. The first-order valence-electron chi connectivity index (χ1n) is 6.88. The van der Waals surface area contributed by atoms with Gasteiger partial charge in [-0.05, 0) is 32.7 Å². The van der Waals surface area contributed by atoms with Crippen LogP contribution in [0.25, 0.3) is 0 Å². The van der Waals surface area contributed by atoms with Crippen LogP contribution in [0, 0.1) is 0 Å². The highest BCUT2D eigenvalue weighted by Crippen LogP contribution is 2.14. The van der Waals surface area contributed by atoms with E-state index in [0.717, 1.165) is 45.8 Å². The second-order valence-electron chi connectivity index (χ2n) is 5.06. The Morgan fingerprint density at radius 3 is 2.47 bits per heavy atom. The second-order valence-corrected chi connectivity index (χ2v) is 5.06. The van der Waals surface area contributed by atoms with Crippen molar-refractivity contribution in [2.75, 3.05) is 40.0 Å². The molecule has 2 rings (SSSR count). The maximum Gasteiger partial charge on any atom is 0.158 e. The summed E-state index contributed by atoms with van der Waals surface area (Å²) in [6, 6.07) is 0. The molecule has 17 heavy (non-hydrogen) atoms. The standard InChI is InChI=1S/C13H25NO3/c1-14(11-12-5-2-3-8-15-12)7-6-13-16-9-4-10-17-13/h12-13H,2-11H2,1H3. The Kier molecular flexibility index (Phi) is 5.71. The van der Waals surface area contributed by atoms with E-state index in [9.17, 15) is 0 Å². The van der Waals surface area contributed by atoms with Gasteiger partial charge in [0.05, 0.1) is 19.3 Å². The molecule has 1 atom stereocenters. The molecule has 0 aliphatic carbocycles. The summed E-state index contributed by atoms with van der Waals surface area (Å²) < 4.78 is 16.8. The topological polar surface area (TPSA) is 30.9 Å². The van der Waals surface area contributed by atoms with E-state index in [0.29, 0.717) is 6.10 Å². The highest BCUT2D eigenvalue weighted by molar-refractivity contribution is 4.68. The minimum Gasteiger partial charge on any atom is -0.377 e. The lowest BCUT2D eigenvalue weighted by molar-refractivity contribution is -0.182. The summed E-state index contributed by atoms with van der Waals surface area (Å²) in [5.41, 5.74) is 0. The van der Waals surface area contributed by atoms with E-state index in [-0.39, 0.29) is 6.29 Å². The van der Waals surface area contributed by atoms with Crippen LogP contribution >= 0.6 is 0 Å². The summed E-state index contributed by atoms with van der Waals surface area (Å²) in [5.74, 6) is 0. The number of ether oxygens (including phenoxy) is 3. The van der Waals surface area contributed by atoms with Gasteiger partial charge in [0.15, 0.2) is 6.29 Å². The molecule has 100 valence electrons. The van der Waals surface area contributed by atoms with Crippen LogP contribution in [-0.4, -0.2) is 57.3 Å². The van der Waals surface area contributed by atoms with Gasteiger partial charge in [-0.1, -0.05) is 0 Å². The van der Waals surface area contributed by atoms with Crippen molar-refractivity contribution in [1.29, 1.82) is 0 Å². The molecule has 1 unspecified atom stereocenters. The molecule has 0 aromatic rings. The van der Waals surface area contributed by atoms with E-state index in [4.69, 9.17) is 14.2 Å². The third-order valence-electron chi connectivity index (χ3n) is 3.43. The fraction of sp³-hybridized carbons (Fsp3) is 1.00. The monoisotopic (exact) mass is 243 g/mol. The first-order valence-corrected chi connectivity index (χ1v) is 6.88. The summed E-state index contributed by atoms with van der Waals surface area (Å²) in [6.07, 6.45) is 6.18. The van der Waals surface area contributed by atoms with Crippen LogP contribution in [-0.2, 0) is 14.2 Å². The molecule has 2 heterocycles. The van der Waals surface area contributed by atoms with E-state index < -0.39 is 0 Å². The van der Waals surface area contributed by atoms with Gasteiger partial charge in [0, 0.05) is 26.1 Å². The van der Waals surface area contributed by atoms with Crippen molar-refractivity contribution < 1.29 is 14.2 Å². The van der Waals surface area contributed by atoms with Crippen molar-refractivity contribution in [1.82, 2.24) is 4.90 Å². The van der Waals surface area contributed by atoms with Crippen LogP contribution in [0.15, 0.2) is 0 Å². The summed E-state index contributed by atoms with van der Waals surface area (Å²) in [5, 5.41) is 0. The second kappa shape index (κ2) is 7.31. The van der Waals surface area contributed by atoms with Crippen LogP contribution < -0.4 is 0 Å². The van der Waals surface area contributed by atoms with Gasteiger partial charge in [-0.3, -0.25) is 0 Å². The van der Waals surface area contributed by atoms with E-state index in [1.165, 1.54) is 19.3 Å². The SMILES string of the molecule is CN(CCC1OCCCO1)CC1CCCCO1. The Labute approximate surface area is 104 Å². The normalized spacial score (nSPS) is 27.5. The van der Waals surface area contributed by atoms with Crippen LogP contribution in [0.2, 0.25) is 0 Å². The summed E-state index contributed by atoms with van der Waals surface area (Å²) in [4.78, 5) is 2.33. The molecule has 0 amide bonds. The van der Waals surface area contributed by atoms with Gasteiger partial charge in [-0.25, -0.2) is 0 Å². The first kappa shape index (κ1) is 13.3. The van der Waals surface area contributed by atoms with Gasteiger partial charge in [0.25, 0.3) is 0 Å². The molecule has 4 nitrogen and oxygen atoms in total. The molecule has 2 aliphatic heterocycles. The number of hydrogen-bond acceptors (Lipinski definition) is 4. The first-order chi connectivity index (χ1) is 8.34. The average Bonchev–Trinajstić information content (AvgIpc) is 2.39. The number of rotatable bonds is 5. The van der Waals surface area contributed by atoms with Gasteiger partial charge < -0.3 is 19.1 Å². The van der Waals surface area contributed by atoms with Crippen molar-refractivity contribution in [3.8, 4) is 0 Å². The van der Waals surface area contributed by atoms with Crippen LogP contribution in [0.3, 0.4) is 0 Å². The average molecular weight is 243 g/mol. The Balaban J connectivity index is 1.57. The lowest BCUT2D eigenvalue weighted by Gasteiger charge is -2.29. The zero-order valence-electron chi connectivity index (χ0n) is 10.9. The van der Waals surface area contributed by atoms with Crippen LogP contribution in [0.5, 0.6) is 0 Å². The molecule has 0 bridgehead atoms. The van der Waals surface area contributed by atoms with E-state index in [2.05, 4.69) is 11.9 Å². The van der Waals surface area contributed by atoms with Crippen LogP contribution in [0.1, 0.15) is 32.1 Å². The van der Waals surface area contributed by atoms with Crippen molar-refractivity contribution in [3.63, 3.8) is 0 Å². The zero-order chi connectivity index (χ0) is 11.9. The fourth-order valence-electron chi connectivity index (χ4n) is 2.42. The molecular weight excluding hydrogens is 218 g/mol. The quantitative estimate of drug-likeness (QED) is 0.734. The molecule has 2 fully saturated rings. The highest BCUT2D eigenvalue weighted by atomic mass is 16.7. The highest BCUT2D eigenvalue weighted by Gasteiger charge is 2.18. The van der Waals surface area contributed by atoms with E-state index >= 15 is 0 Å². The van der Waals surface area contributed by atoms with Crippen molar-refractivity contribution in [3.05, 3.63) is 0 Å². The maximum absolute atomic E-state index is 5.74. The minimum atomic E-state index is 0.0125. The zero-order valence-corrected chi connectivity index (χ0v) is 10.9. The molecule has 0 spiro atoms. The van der Waals surface area contributed by atoms with E-state index in [1.54, 1.807) is 0 Å². The van der Waals surface area contributed by atoms with Crippen LogP contribution in [0.4, 0.5) is 0 Å². The van der Waals surface area contributed by atoms with Crippen molar-refractivity contribution >= 4 is 0 Å². The molecule has 0 N–H and O–H groups in total. The Morgan fingerprint density at radius 2 is 1.76 bits per heavy atom. The lowest BCUT2D eigenvalue weighted by atomic mass is 10.1. The van der Waals surface area contributed by atoms with Gasteiger partial charge >= 0.3 is 0 Å². The third-order valence-corrected chi connectivity index (χ3v) is 3.43. The van der Waals surface area contributed by atoms with Gasteiger partial charge in [-0.2, -0.15) is 0 Å². The minimum absolute atomic E-state index is 0.0125. The number of likely N-dealkylation sites (N-methyl/N-ethyl adjacent to an activating group) is 1. The molecule has 2 aliphatic rings. The predicted octanol–water partition coefficient (Wildman–Crippen LogP) is 1.64. The largest absolute Gasteiger partial charge is 0.377 e.